The van der Waals surface area contributed by atoms with Crippen LogP contribution in [-0.2, 0) is 36.8 Å². The van der Waals surface area contributed by atoms with Crippen LogP contribution in [0.1, 0.15) is 57.6 Å². The van der Waals surface area contributed by atoms with E-state index in [4.69, 9.17) is 14.2 Å². The highest BCUT2D eigenvalue weighted by atomic mass is 19.1. The number of nitrogens with one attached hydrogen (secondary N) is 2. The minimum atomic E-state index is -1.16. The summed E-state index contributed by atoms with van der Waals surface area (Å²) in [6.07, 6.45) is 2.96. The first kappa shape index (κ1) is 33.1. The number of esters is 1. The zero-order chi connectivity index (χ0) is 31.4. The van der Waals surface area contributed by atoms with Gasteiger partial charge in [-0.25, -0.2) is 14.0 Å². The summed E-state index contributed by atoms with van der Waals surface area (Å²) < 4.78 is 29.2. The Hall–Kier alpha value is -4.41. The molecule has 2 aromatic rings. The molecule has 3 rings (SSSR count). The lowest BCUT2D eigenvalue weighted by atomic mass is 9.90. The van der Waals surface area contributed by atoms with Crippen molar-refractivity contribution < 1.29 is 37.8 Å². The van der Waals surface area contributed by atoms with Crippen molar-refractivity contribution in [1.29, 1.82) is 0 Å². The van der Waals surface area contributed by atoms with Crippen molar-refractivity contribution >= 4 is 24.1 Å². The Morgan fingerprint density at radius 3 is 2.35 bits per heavy atom. The molecule has 0 saturated heterocycles. The number of carbonyl (C=O) groups excluding carboxylic acids is 4. The van der Waals surface area contributed by atoms with E-state index in [2.05, 4.69) is 10.6 Å². The molecule has 0 aliphatic heterocycles. The standard InChI is InChI=1S/C32H40FN3O7/c1-32(2,3)43-31(40)35-27(18-22-14-16-25(33)17-15-22)29(38)36(20-28(37)41-4)19-24-12-8-9-13-26(24)34-30(39)42-21-23-10-6-5-7-11-23/h5-7,10-11,14-17,19,26-27H,8-9,12-13,18,20-21H2,1-4H3,(H,34,39)(H,35,40)/b24-19-/t26-,27+/m1/s1. The maximum atomic E-state index is 13.9. The van der Waals surface area contributed by atoms with Gasteiger partial charge in [0, 0.05) is 12.6 Å². The number of carbonyl (C=O) groups is 4. The van der Waals surface area contributed by atoms with Gasteiger partial charge in [0.1, 0.15) is 30.6 Å². The largest absolute Gasteiger partial charge is 0.468 e. The highest BCUT2D eigenvalue weighted by Crippen LogP contribution is 2.25. The number of hydrogen-bond acceptors (Lipinski definition) is 7. The number of ether oxygens (including phenoxy) is 3. The molecule has 1 aliphatic rings. The molecule has 2 atom stereocenters. The fourth-order valence-corrected chi connectivity index (χ4v) is 4.56. The van der Waals surface area contributed by atoms with Gasteiger partial charge in [0.05, 0.1) is 13.2 Å². The Morgan fingerprint density at radius 2 is 1.70 bits per heavy atom. The fraction of sp³-hybridized carbons (Fsp3) is 0.438. The number of methoxy groups -OCH3 is 1. The second-order valence-electron chi connectivity index (χ2n) is 11.3. The van der Waals surface area contributed by atoms with Crippen LogP contribution in [0.4, 0.5) is 14.0 Å². The summed E-state index contributed by atoms with van der Waals surface area (Å²) in [6.45, 7) is 4.75. The number of hydrogen-bond donors (Lipinski definition) is 2. The molecule has 232 valence electrons. The summed E-state index contributed by atoms with van der Waals surface area (Å²) in [4.78, 5) is 52.9. The molecule has 1 fully saturated rings. The molecule has 0 aromatic heterocycles. The predicted octanol–water partition coefficient (Wildman–Crippen LogP) is 5.02. The van der Waals surface area contributed by atoms with Gasteiger partial charge in [-0.05, 0) is 68.9 Å². The van der Waals surface area contributed by atoms with Crippen molar-refractivity contribution in [1.82, 2.24) is 15.5 Å². The van der Waals surface area contributed by atoms with E-state index in [0.717, 1.165) is 24.0 Å². The van der Waals surface area contributed by atoms with Crippen LogP contribution in [0, 0.1) is 5.82 Å². The lowest BCUT2D eigenvalue weighted by Crippen LogP contribution is -2.51. The van der Waals surface area contributed by atoms with Gasteiger partial charge >= 0.3 is 18.2 Å². The van der Waals surface area contributed by atoms with E-state index in [1.54, 1.807) is 20.8 Å². The van der Waals surface area contributed by atoms with Gasteiger partial charge in [0.15, 0.2) is 0 Å². The summed E-state index contributed by atoms with van der Waals surface area (Å²) in [7, 11) is 1.21. The fourth-order valence-electron chi connectivity index (χ4n) is 4.56. The Bertz CT molecular complexity index is 1280. The predicted molar refractivity (Wildman–Crippen MR) is 157 cm³/mol. The summed E-state index contributed by atoms with van der Waals surface area (Å²) in [5.74, 6) is -1.73. The van der Waals surface area contributed by atoms with Crippen LogP contribution in [0.25, 0.3) is 0 Å². The zero-order valence-electron chi connectivity index (χ0n) is 25.1. The normalized spacial score (nSPS) is 16.5. The van der Waals surface area contributed by atoms with Gasteiger partial charge in [0.2, 0.25) is 5.91 Å². The van der Waals surface area contributed by atoms with Crippen LogP contribution in [0.2, 0.25) is 0 Å². The SMILES string of the molecule is COC(=O)CN(/C=C1/CCCC[C@H]1NC(=O)OCc1ccccc1)C(=O)[C@H](Cc1ccc(F)cc1)NC(=O)OC(C)(C)C. The summed E-state index contributed by atoms with van der Waals surface area (Å²) in [6, 6.07) is 13.2. The van der Waals surface area contributed by atoms with Crippen molar-refractivity contribution in [2.75, 3.05) is 13.7 Å². The number of amides is 3. The van der Waals surface area contributed by atoms with Gasteiger partial charge in [-0.3, -0.25) is 9.59 Å². The molecule has 2 N–H and O–H groups in total. The van der Waals surface area contributed by atoms with E-state index >= 15 is 0 Å². The first-order valence-corrected chi connectivity index (χ1v) is 14.2. The Balaban J connectivity index is 1.84. The molecule has 0 heterocycles. The average Bonchev–Trinajstić information content (AvgIpc) is 2.96. The first-order valence-electron chi connectivity index (χ1n) is 14.2. The van der Waals surface area contributed by atoms with Crippen LogP contribution in [-0.4, -0.2) is 60.3 Å². The van der Waals surface area contributed by atoms with Crippen molar-refractivity contribution in [3.8, 4) is 0 Å². The molecule has 1 aliphatic carbocycles. The molecular formula is C32H40FN3O7. The van der Waals surface area contributed by atoms with E-state index in [0.29, 0.717) is 18.4 Å². The second kappa shape index (κ2) is 15.7. The van der Waals surface area contributed by atoms with Crippen LogP contribution >= 0.6 is 0 Å². The topological polar surface area (TPSA) is 123 Å². The molecule has 1 saturated carbocycles. The van der Waals surface area contributed by atoms with E-state index < -0.39 is 54.1 Å². The number of rotatable bonds is 10. The minimum Gasteiger partial charge on any atom is -0.468 e. The highest BCUT2D eigenvalue weighted by Gasteiger charge is 2.31. The van der Waals surface area contributed by atoms with Gasteiger partial charge in [0.25, 0.3) is 0 Å². The average molecular weight is 598 g/mol. The summed E-state index contributed by atoms with van der Waals surface area (Å²) >= 11 is 0. The molecular weight excluding hydrogens is 557 g/mol. The van der Waals surface area contributed by atoms with E-state index in [1.807, 2.05) is 30.3 Å². The molecule has 11 heteroatoms. The van der Waals surface area contributed by atoms with E-state index in [-0.39, 0.29) is 13.0 Å². The van der Waals surface area contributed by atoms with Crippen LogP contribution in [0.5, 0.6) is 0 Å². The Labute approximate surface area is 251 Å². The first-order chi connectivity index (χ1) is 20.4. The second-order valence-corrected chi connectivity index (χ2v) is 11.3. The molecule has 0 spiro atoms. The van der Waals surface area contributed by atoms with Crippen LogP contribution in [0.15, 0.2) is 66.4 Å². The molecule has 0 radical (unpaired) electrons. The van der Waals surface area contributed by atoms with Crippen LogP contribution in [0.3, 0.4) is 0 Å². The number of benzene rings is 2. The lowest BCUT2D eigenvalue weighted by molar-refractivity contribution is -0.145. The number of halogens is 1. The van der Waals surface area contributed by atoms with E-state index in [9.17, 15) is 23.6 Å². The Morgan fingerprint density at radius 1 is 1.00 bits per heavy atom. The zero-order valence-corrected chi connectivity index (χ0v) is 25.1. The molecule has 43 heavy (non-hydrogen) atoms. The van der Waals surface area contributed by atoms with Crippen molar-refractivity contribution in [2.24, 2.45) is 0 Å². The number of nitrogens with zero attached hydrogens (tertiary/aromatic N) is 1. The van der Waals surface area contributed by atoms with Crippen molar-refractivity contribution in [3.05, 3.63) is 83.3 Å². The van der Waals surface area contributed by atoms with Crippen molar-refractivity contribution in [2.45, 2.75) is 77.2 Å². The maximum absolute atomic E-state index is 13.9. The summed E-state index contributed by atoms with van der Waals surface area (Å²) in [5.41, 5.74) is 1.33. The molecule has 10 nitrogen and oxygen atoms in total. The van der Waals surface area contributed by atoms with E-state index in [1.165, 1.54) is 42.5 Å². The quantitative estimate of drug-likeness (QED) is 0.291. The lowest BCUT2D eigenvalue weighted by Gasteiger charge is -2.30. The maximum Gasteiger partial charge on any atom is 0.408 e. The number of alkyl carbamates (subject to hydrolysis) is 2. The molecule has 0 bridgehead atoms. The highest BCUT2D eigenvalue weighted by molar-refractivity contribution is 5.89. The van der Waals surface area contributed by atoms with Gasteiger partial charge in [-0.1, -0.05) is 48.9 Å². The Kier molecular flexibility index (Phi) is 12.1. The molecule has 2 aromatic carbocycles. The third-order valence-electron chi connectivity index (χ3n) is 6.63. The molecule has 3 amide bonds. The molecule has 0 unspecified atom stereocenters. The third kappa shape index (κ3) is 11.4. The summed E-state index contributed by atoms with van der Waals surface area (Å²) in [5, 5.41) is 5.48. The van der Waals surface area contributed by atoms with Crippen molar-refractivity contribution in [3.63, 3.8) is 0 Å². The van der Waals surface area contributed by atoms with Gasteiger partial charge in [-0.15, -0.1) is 0 Å². The minimum absolute atomic E-state index is 0.00664. The van der Waals surface area contributed by atoms with Crippen LogP contribution < -0.4 is 10.6 Å². The monoisotopic (exact) mass is 597 g/mol. The van der Waals surface area contributed by atoms with Gasteiger partial charge in [-0.2, -0.15) is 0 Å². The smallest absolute Gasteiger partial charge is 0.408 e. The van der Waals surface area contributed by atoms with Gasteiger partial charge < -0.3 is 29.7 Å². The third-order valence-corrected chi connectivity index (χ3v) is 6.63.